The second-order valence-corrected chi connectivity index (χ2v) is 7.28. The van der Waals surface area contributed by atoms with E-state index in [1.807, 2.05) is 37.3 Å². The van der Waals surface area contributed by atoms with Crippen molar-refractivity contribution in [3.05, 3.63) is 80.6 Å². The van der Waals surface area contributed by atoms with Gasteiger partial charge in [-0.25, -0.2) is 14.5 Å². The molecule has 0 radical (unpaired) electrons. The first-order valence-corrected chi connectivity index (χ1v) is 9.74. The normalized spacial score (nSPS) is 11.3. The number of aromatic amines is 2. The van der Waals surface area contributed by atoms with Crippen LogP contribution in [0.5, 0.6) is 5.75 Å². The Bertz CT molecular complexity index is 1580. The van der Waals surface area contributed by atoms with Crippen molar-refractivity contribution in [2.24, 2.45) is 0 Å². The largest absolute Gasteiger partial charge is 0.496 e. The first-order chi connectivity index (χ1) is 15.0. The molecule has 5 rings (SSSR count). The fourth-order valence-electron chi connectivity index (χ4n) is 3.96. The van der Waals surface area contributed by atoms with Gasteiger partial charge in [-0.3, -0.25) is 14.7 Å². The molecule has 3 heterocycles. The zero-order valence-electron chi connectivity index (χ0n) is 17.2. The van der Waals surface area contributed by atoms with Crippen LogP contribution >= 0.6 is 0 Å². The van der Waals surface area contributed by atoms with Crippen LogP contribution in [0, 0.1) is 13.8 Å². The van der Waals surface area contributed by atoms with Gasteiger partial charge in [0.15, 0.2) is 5.65 Å². The summed E-state index contributed by atoms with van der Waals surface area (Å²) in [4.78, 5) is 38.1. The number of nitrogens with zero attached hydrogens (tertiary/aromatic N) is 3. The second-order valence-electron chi connectivity index (χ2n) is 7.28. The minimum atomic E-state index is -0.381. The Kier molecular flexibility index (Phi) is 4.21. The number of hydrogen-bond acceptors (Lipinski definition) is 5. The van der Waals surface area contributed by atoms with Crippen LogP contribution in [-0.2, 0) is 0 Å². The maximum absolute atomic E-state index is 13.4. The Balaban J connectivity index is 1.80. The topological polar surface area (TPSA) is 105 Å². The summed E-state index contributed by atoms with van der Waals surface area (Å²) in [6, 6.07) is 14.9. The molecular weight excluding hydrogens is 394 g/mol. The zero-order chi connectivity index (χ0) is 21.7. The Morgan fingerprint density at radius 3 is 2.45 bits per heavy atom. The molecule has 0 amide bonds. The number of nitrogens with one attached hydrogen (secondary N) is 2. The minimum absolute atomic E-state index is 0.170. The van der Waals surface area contributed by atoms with E-state index in [0.29, 0.717) is 28.0 Å². The highest BCUT2D eigenvalue weighted by Gasteiger charge is 2.21. The van der Waals surface area contributed by atoms with Gasteiger partial charge in [-0.05, 0) is 31.5 Å². The van der Waals surface area contributed by atoms with Gasteiger partial charge in [-0.2, -0.15) is 0 Å². The molecule has 5 aromatic rings. The smallest absolute Gasteiger partial charge is 0.283 e. The van der Waals surface area contributed by atoms with Crippen molar-refractivity contribution in [2.75, 3.05) is 7.11 Å². The van der Waals surface area contributed by atoms with Gasteiger partial charge in [-0.1, -0.05) is 36.4 Å². The monoisotopic (exact) mass is 413 g/mol. The SMILES string of the molecule is COc1cccc2nc(-c3c(C)nc4c(-c5ccccc5)c(C)[nH]n4c3=O)[nH]c(=O)c12. The quantitative estimate of drug-likeness (QED) is 0.473. The number of ether oxygens (including phenoxy) is 1. The third-order valence-corrected chi connectivity index (χ3v) is 5.36. The van der Waals surface area contributed by atoms with Crippen molar-refractivity contribution in [3.8, 4) is 28.3 Å². The van der Waals surface area contributed by atoms with E-state index in [0.717, 1.165) is 16.8 Å². The molecule has 0 fully saturated rings. The number of hydrogen-bond donors (Lipinski definition) is 2. The highest BCUT2D eigenvalue weighted by atomic mass is 16.5. The summed E-state index contributed by atoms with van der Waals surface area (Å²) in [5.74, 6) is 0.594. The first-order valence-electron chi connectivity index (χ1n) is 9.74. The first kappa shape index (κ1) is 18.8. The molecule has 2 N–H and O–H groups in total. The van der Waals surface area contributed by atoms with Crippen LogP contribution in [0.2, 0.25) is 0 Å². The maximum Gasteiger partial charge on any atom is 0.283 e. The number of aromatic nitrogens is 5. The summed E-state index contributed by atoms with van der Waals surface area (Å²) in [6.45, 7) is 3.64. The number of rotatable bonds is 3. The number of benzene rings is 2. The molecule has 0 atom stereocenters. The predicted molar refractivity (Wildman–Crippen MR) is 119 cm³/mol. The predicted octanol–water partition coefficient (Wildman–Crippen LogP) is 3.22. The van der Waals surface area contributed by atoms with E-state index >= 15 is 0 Å². The summed E-state index contributed by atoms with van der Waals surface area (Å²) in [5, 5.41) is 3.44. The second kappa shape index (κ2) is 6.94. The number of H-pyrrole nitrogens is 2. The Labute approximate surface area is 176 Å². The molecule has 0 bridgehead atoms. The Hall–Kier alpha value is -4.20. The molecule has 31 heavy (non-hydrogen) atoms. The Morgan fingerprint density at radius 1 is 0.935 bits per heavy atom. The summed E-state index contributed by atoms with van der Waals surface area (Å²) < 4.78 is 6.67. The number of methoxy groups -OCH3 is 1. The van der Waals surface area contributed by atoms with E-state index in [9.17, 15) is 9.59 Å². The molecule has 3 aromatic heterocycles. The van der Waals surface area contributed by atoms with Crippen molar-refractivity contribution in [3.63, 3.8) is 0 Å². The van der Waals surface area contributed by atoms with Crippen molar-refractivity contribution < 1.29 is 4.74 Å². The van der Waals surface area contributed by atoms with E-state index in [1.54, 1.807) is 25.1 Å². The summed E-state index contributed by atoms with van der Waals surface area (Å²) in [7, 11) is 1.49. The van der Waals surface area contributed by atoms with Gasteiger partial charge in [-0.15, -0.1) is 0 Å². The lowest BCUT2D eigenvalue weighted by Crippen LogP contribution is -2.22. The minimum Gasteiger partial charge on any atom is -0.496 e. The van der Waals surface area contributed by atoms with Crippen LogP contribution in [0.25, 0.3) is 39.1 Å². The van der Waals surface area contributed by atoms with Gasteiger partial charge in [0.1, 0.15) is 22.5 Å². The molecule has 0 spiro atoms. The van der Waals surface area contributed by atoms with Crippen molar-refractivity contribution in [2.45, 2.75) is 13.8 Å². The average Bonchev–Trinajstić information content (AvgIpc) is 3.10. The fraction of sp³-hybridized carbons (Fsp3) is 0.130. The van der Waals surface area contributed by atoms with Crippen LogP contribution in [0.15, 0.2) is 58.1 Å². The molecule has 0 unspecified atom stereocenters. The molecule has 0 aliphatic heterocycles. The van der Waals surface area contributed by atoms with E-state index in [4.69, 9.17) is 9.72 Å². The van der Waals surface area contributed by atoms with Gasteiger partial charge in [0.2, 0.25) is 0 Å². The van der Waals surface area contributed by atoms with Crippen molar-refractivity contribution >= 4 is 16.6 Å². The van der Waals surface area contributed by atoms with Crippen LogP contribution < -0.4 is 15.9 Å². The standard InChI is InChI=1S/C23H19N5O3/c1-12-18(20-25-15-10-7-11-16(31-3)19(15)22(29)26-20)23(30)28-21(24-12)17(13(2)27-28)14-8-5-4-6-9-14/h4-11,27H,1-3H3,(H,25,26,29). The maximum atomic E-state index is 13.4. The summed E-state index contributed by atoms with van der Waals surface area (Å²) in [6.07, 6.45) is 0. The molecule has 8 nitrogen and oxygen atoms in total. The molecule has 0 saturated carbocycles. The van der Waals surface area contributed by atoms with Crippen molar-refractivity contribution in [1.82, 2.24) is 24.6 Å². The zero-order valence-corrected chi connectivity index (χ0v) is 17.2. The number of fused-ring (bicyclic) bond motifs is 2. The molecule has 0 aliphatic rings. The van der Waals surface area contributed by atoms with E-state index in [1.165, 1.54) is 11.6 Å². The summed E-state index contributed by atoms with van der Waals surface area (Å²) in [5.41, 5.74) is 3.60. The van der Waals surface area contributed by atoms with Gasteiger partial charge >= 0.3 is 0 Å². The van der Waals surface area contributed by atoms with Crippen LogP contribution in [-0.4, -0.2) is 31.7 Å². The molecule has 154 valence electrons. The molecule has 0 saturated heterocycles. The van der Waals surface area contributed by atoms with Crippen LogP contribution in [0.1, 0.15) is 11.4 Å². The van der Waals surface area contributed by atoms with Gasteiger partial charge < -0.3 is 9.72 Å². The molecule has 0 aliphatic carbocycles. The van der Waals surface area contributed by atoms with Crippen LogP contribution in [0.4, 0.5) is 0 Å². The number of aryl methyl sites for hydroxylation is 2. The molecule has 8 heteroatoms. The Morgan fingerprint density at radius 2 is 1.71 bits per heavy atom. The van der Waals surface area contributed by atoms with Crippen molar-refractivity contribution in [1.29, 1.82) is 0 Å². The lowest BCUT2D eigenvalue weighted by molar-refractivity contribution is 0.419. The lowest BCUT2D eigenvalue weighted by Gasteiger charge is -2.08. The third-order valence-electron chi connectivity index (χ3n) is 5.36. The fourth-order valence-corrected chi connectivity index (χ4v) is 3.96. The summed E-state index contributed by atoms with van der Waals surface area (Å²) >= 11 is 0. The van der Waals surface area contributed by atoms with E-state index in [-0.39, 0.29) is 22.5 Å². The average molecular weight is 413 g/mol. The van der Waals surface area contributed by atoms with E-state index < -0.39 is 0 Å². The van der Waals surface area contributed by atoms with Gasteiger partial charge in [0.05, 0.1) is 18.3 Å². The lowest BCUT2D eigenvalue weighted by atomic mass is 10.1. The van der Waals surface area contributed by atoms with E-state index in [2.05, 4.69) is 15.1 Å². The molecular formula is C23H19N5O3. The molecule has 2 aromatic carbocycles. The van der Waals surface area contributed by atoms with Crippen LogP contribution in [0.3, 0.4) is 0 Å². The van der Waals surface area contributed by atoms with Gasteiger partial charge in [0.25, 0.3) is 11.1 Å². The highest BCUT2D eigenvalue weighted by molar-refractivity contribution is 5.86. The van der Waals surface area contributed by atoms with Gasteiger partial charge in [0, 0.05) is 11.3 Å². The highest BCUT2D eigenvalue weighted by Crippen LogP contribution is 2.28. The third kappa shape index (κ3) is 2.83.